The van der Waals surface area contributed by atoms with E-state index in [0.29, 0.717) is 11.9 Å². The van der Waals surface area contributed by atoms with Crippen LogP contribution in [0.25, 0.3) is 11.1 Å². The molecule has 3 heterocycles. The molecule has 25 heavy (non-hydrogen) atoms. The third-order valence-electron chi connectivity index (χ3n) is 5.14. The number of aryl methyl sites for hydroxylation is 1. The van der Waals surface area contributed by atoms with Crippen molar-refractivity contribution in [2.45, 2.75) is 33.2 Å². The van der Waals surface area contributed by atoms with E-state index < -0.39 is 0 Å². The molecule has 6 heteroatoms. The molecule has 1 aliphatic heterocycles. The summed E-state index contributed by atoms with van der Waals surface area (Å²) in [5, 5.41) is 0. The van der Waals surface area contributed by atoms with E-state index in [-0.39, 0.29) is 5.56 Å². The van der Waals surface area contributed by atoms with Gasteiger partial charge in [-0.3, -0.25) is 9.36 Å². The minimum atomic E-state index is 0.0777. The maximum absolute atomic E-state index is 12.3. The summed E-state index contributed by atoms with van der Waals surface area (Å²) in [4.78, 5) is 23.4. The average molecular weight is 338 g/mol. The first-order chi connectivity index (χ1) is 12.1. The highest BCUT2D eigenvalue weighted by molar-refractivity contribution is 5.74. The van der Waals surface area contributed by atoms with Crippen LogP contribution in [0.15, 0.2) is 39.8 Å². The van der Waals surface area contributed by atoms with Gasteiger partial charge in [0.25, 0.3) is 11.6 Å². The van der Waals surface area contributed by atoms with E-state index in [1.807, 2.05) is 38.1 Å². The summed E-state index contributed by atoms with van der Waals surface area (Å²) in [7, 11) is 0. The molecule has 0 amide bonds. The molecule has 1 aliphatic rings. The highest BCUT2D eigenvalue weighted by Gasteiger charge is 2.23. The molecule has 3 aromatic rings. The van der Waals surface area contributed by atoms with E-state index in [4.69, 9.17) is 4.42 Å². The van der Waals surface area contributed by atoms with Gasteiger partial charge in [-0.05, 0) is 44.7 Å². The van der Waals surface area contributed by atoms with Crippen molar-refractivity contribution in [1.82, 2.24) is 14.5 Å². The molecule has 0 radical (unpaired) electrons. The number of piperidine rings is 1. The number of rotatable bonds is 3. The summed E-state index contributed by atoms with van der Waals surface area (Å²) in [6.45, 7) is 6.24. The molecule has 0 saturated carbocycles. The molecule has 1 saturated heterocycles. The van der Waals surface area contributed by atoms with Gasteiger partial charge in [0.1, 0.15) is 5.52 Å². The van der Waals surface area contributed by atoms with Gasteiger partial charge in [-0.15, -0.1) is 0 Å². The van der Waals surface area contributed by atoms with Gasteiger partial charge >= 0.3 is 0 Å². The fraction of sp³-hybridized carbons (Fsp3) is 0.421. The second-order valence-electron chi connectivity index (χ2n) is 6.81. The minimum absolute atomic E-state index is 0.0777. The predicted octanol–water partition coefficient (Wildman–Crippen LogP) is 2.92. The normalized spacial score (nSPS) is 15.8. The molecule has 0 spiro atoms. The third-order valence-corrected chi connectivity index (χ3v) is 5.14. The number of hydrogen-bond donors (Lipinski definition) is 0. The van der Waals surface area contributed by atoms with Crippen molar-refractivity contribution in [3.63, 3.8) is 0 Å². The SMILES string of the molecule is Cc1ncn(CC2CCN(c3nc4ccccc4o3)CC2)c(=O)c1C. The first-order valence-electron chi connectivity index (χ1n) is 8.75. The Labute approximate surface area is 146 Å². The van der Waals surface area contributed by atoms with Crippen molar-refractivity contribution in [2.24, 2.45) is 5.92 Å². The average Bonchev–Trinajstić information content (AvgIpc) is 3.07. The van der Waals surface area contributed by atoms with E-state index in [1.165, 1.54) is 0 Å². The number of benzene rings is 1. The highest BCUT2D eigenvalue weighted by Crippen LogP contribution is 2.26. The Morgan fingerprint density at radius 1 is 1.20 bits per heavy atom. The largest absolute Gasteiger partial charge is 0.423 e. The first kappa shape index (κ1) is 15.9. The van der Waals surface area contributed by atoms with Crippen LogP contribution in [0.5, 0.6) is 0 Å². The fourth-order valence-corrected chi connectivity index (χ4v) is 3.39. The second kappa shape index (κ2) is 6.35. The van der Waals surface area contributed by atoms with Gasteiger partial charge < -0.3 is 9.32 Å². The maximum Gasteiger partial charge on any atom is 0.298 e. The lowest BCUT2D eigenvalue weighted by molar-refractivity contribution is 0.342. The lowest BCUT2D eigenvalue weighted by Gasteiger charge is -2.31. The molecule has 1 fully saturated rings. The Kier molecular flexibility index (Phi) is 4.03. The summed E-state index contributed by atoms with van der Waals surface area (Å²) in [6, 6.07) is 8.53. The monoisotopic (exact) mass is 338 g/mol. The van der Waals surface area contributed by atoms with Crippen LogP contribution in [-0.2, 0) is 6.54 Å². The van der Waals surface area contributed by atoms with Crippen LogP contribution in [0.2, 0.25) is 0 Å². The molecule has 0 bridgehead atoms. The molecule has 1 aromatic carbocycles. The molecule has 0 N–H and O–H groups in total. The lowest BCUT2D eigenvalue weighted by atomic mass is 9.97. The lowest BCUT2D eigenvalue weighted by Crippen LogP contribution is -2.37. The van der Waals surface area contributed by atoms with Crippen molar-refractivity contribution < 1.29 is 4.42 Å². The zero-order chi connectivity index (χ0) is 17.4. The van der Waals surface area contributed by atoms with Crippen molar-refractivity contribution >= 4 is 17.1 Å². The van der Waals surface area contributed by atoms with Gasteiger partial charge in [0.2, 0.25) is 0 Å². The van der Waals surface area contributed by atoms with Crippen LogP contribution in [0.1, 0.15) is 24.1 Å². The molecule has 0 aliphatic carbocycles. The zero-order valence-electron chi connectivity index (χ0n) is 14.6. The number of hydrogen-bond acceptors (Lipinski definition) is 5. The molecule has 130 valence electrons. The van der Waals surface area contributed by atoms with Crippen LogP contribution in [0, 0.1) is 19.8 Å². The van der Waals surface area contributed by atoms with E-state index >= 15 is 0 Å². The van der Waals surface area contributed by atoms with Gasteiger partial charge in [-0.1, -0.05) is 12.1 Å². The third kappa shape index (κ3) is 3.04. The molecule has 4 rings (SSSR count). The smallest absolute Gasteiger partial charge is 0.298 e. The summed E-state index contributed by atoms with van der Waals surface area (Å²) in [6.07, 6.45) is 3.70. The minimum Gasteiger partial charge on any atom is -0.423 e. The van der Waals surface area contributed by atoms with Crippen molar-refractivity contribution in [3.05, 3.63) is 52.2 Å². The van der Waals surface area contributed by atoms with Crippen molar-refractivity contribution in [1.29, 1.82) is 0 Å². The van der Waals surface area contributed by atoms with E-state index in [2.05, 4.69) is 14.9 Å². The Bertz CT molecular complexity index is 918. The van der Waals surface area contributed by atoms with E-state index in [1.54, 1.807) is 10.9 Å². The summed E-state index contributed by atoms with van der Waals surface area (Å²) < 4.78 is 7.61. The number of anilines is 1. The Balaban J connectivity index is 1.43. The Hall–Kier alpha value is -2.63. The molecule has 0 unspecified atom stereocenters. The van der Waals surface area contributed by atoms with Crippen LogP contribution in [-0.4, -0.2) is 27.6 Å². The topological polar surface area (TPSA) is 64.2 Å². The van der Waals surface area contributed by atoms with Gasteiger partial charge in [0.05, 0.1) is 6.33 Å². The van der Waals surface area contributed by atoms with Gasteiger partial charge in [-0.2, -0.15) is 4.98 Å². The Morgan fingerprint density at radius 3 is 2.72 bits per heavy atom. The maximum atomic E-state index is 12.3. The number of nitrogens with zero attached hydrogens (tertiary/aromatic N) is 4. The van der Waals surface area contributed by atoms with Crippen LogP contribution < -0.4 is 10.5 Å². The predicted molar refractivity (Wildman–Crippen MR) is 96.9 cm³/mol. The quantitative estimate of drug-likeness (QED) is 0.735. The summed E-state index contributed by atoms with van der Waals surface area (Å²) in [5.74, 6) is 0.474. The second-order valence-corrected chi connectivity index (χ2v) is 6.81. The standard InChI is InChI=1S/C19H22N4O2/c1-13-14(2)20-12-23(18(13)24)11-15-7-9-22(10-8-15)19-21-16-5-3-4-6-17(16)25-19/h3-6,12,15H,7-11H2,1-2H3. The first-order valence-corrected chi connectivity index (χ1v) is 8.75. The zero-order valence-corrected chi connectivity index (χ0v) is 14.6. The number of aromatic nitrogens is 3. The number of oxazole rings is 1. The van der Waals surface area contributed by atoms with Crippen LogP contribution in [0.3, 0.4) is 0 Å². The molecule has 0 atom stereocenters. The van der Waals surface area contributed by atoms with Gasteiger partial charge in [0, 0.05) is 30.9 Å². The molecule has 6 nitrogen and oxygen atoms in total. The highest BCUT2D eigenvalue weighted by atomic mass is 16.4. The van der Waals surface area contributed by atoms with Crippen molar-refractivity contribution in [2.75, 3.05) is 18.0 Å². The number of para-hydroxylation sites is 2. The van der Waals surface area contributed by atoms with E-state index in [9.17, 15) is 4.79 Å². The Morgan fingerprint density at radius 2 is 1.96 bits per heavy atom. The fourth-order valence-electron chi connectivity index (χ4n) is 3.39. The van der Waals surface area contributed by atoms with Gasteiger partial charge in [0.15, 0.2) is 5.58 Å². The van der Waals surface area contributed by atoms with Crippen molar-refractivity contribution in [3.8, 4) is 0 Å². The van der Waals surface area contributed by atoms with Gasteiger partial charge in [-0.25, -0.2) is 4.98 Å². The molecule has 2 aromatic heterocycles. The van der Waals surface area contributed by atoms with Crippen LogP contribution in [0.4, 0.5) is 6.01 Å². The summed E-state index contributed by atoms with van der Waals surface area (Å²) >= 11 is 0. The van der Waals surface area contributed by atoms with E-state index in [0.717, 1.165) is 54.8 Å². The summed E-state index contributed by atoms with van der Waals surface area (Å²) in [5.41, 5.74) is 3.35. The molecular formula is C19H22N4O2. The van der Waals surface area contributed by atoms with Crippen LogP contribution >= 0.6 is 0 Å². The number of fused-ring (bicyclic) bond motifs is 1. The molecular weight excluding hydrogens is 316 g/mol.